The summed E-state index contributed by atoms with van der Waals surface area (Å²) in [5.41, 5.74) is 0.110. The molecule has 3 heterocycles. The molecule has 5 nitrogen and oxygen atoms in total. The van der Waals surface area contributed by atoms with Gasteiger partial charge in [0.15, 0.2) is 0 Å². The summed E-state index contributed by atoms with van der Waals surface area (Å²) in [5, 5.41) is 0. The molecule has 2 amide bonds. The highest BCUT2D eigenvalue weighted by atomic mass is 19.1. The first-order valence-electron chi connectivity index (χ1n) is 8.62. The summed E-state index contributed by atoms with van der Waals surface area (Å²) in [5.74, 6) is -0.712. The second-order valence-electron chi connectivity index (χ2n) is 6.83. The van der Waals surface area contributed by atoms with Gasteiger partial charge in [0.1, 0.15) is 11.9 Å². The maximum absolute atomic E-state index is 13.9. The number of rotatable bonds is 2. The predicted octanol–water partition coefficient (Wildman–Crippen LogP) is 1.82. The van der Waals surface area contributed by atoms with Gasteiger partial charge in [-0.05, 0) is 37.8 Å². The fourth-order valence-electron chi connectivity index (χ4n) is 4.10. The van der Waals surface area contributed by atoms with E-state index >= 15 is 0 Å². The number of hydrogen-bond acceptors (Lipinski definition) is 3. The fourth-order valence-corrected chi connectivity index (χ4v) is 4.10. The number of likely N-dealkylation sites (tertiary alicyclic amines) is 2. The van der Waals surface area contributed by atoms with E-state index in [0.717, 1.165) is 25.7 Å². The van der Waals surface area contributed by atoms with Gasteiger partial charge in [-0.15, -0.1) is 0 Å². The normalized spacial score (nSPS) is 29.1. The SMILES string of the molecule is O=C(c1ccccc1F)N1C[C@@H]2C[C@H]1CN2C(=O)C1CCCCO1. The van der Waals surface area contributed by atoms with Crippen LogP contribution in [0.15, 0.2) is 24.3 Å². The van der Waals surface area contributed by atoms with Crippen molar-refractivity contribution in [2.24, 2.45) is 0 Å². The highest BCUT2D eigenvalue weighted by Gasteiger charge is 2.48. The van der Waals surface area contributed by atoms with E-state index in [2.05, 4.69) is 0 Å². The Morgan fingerprint density at radius 1 is 1.08 bits per heavy atom. The van der Waals surface area contributed by atoms with Crippen LogP contribution in [-0.4, -0.2) is 59.5 Å². The summed E-state index contributed by atoms with van der Waals surface area (Å²) < 4.78 is 19.5. The van der Waals surface area contributed by atoms with Gasteiger partial charge in [-0.3, -0.25) is 9.59 Å². The highest BCUT2D eigenvalue weighted by Crippen LogP contribution is 2.33. The minimum Gasteiger partial charge on any atom is -0.368 e. The zero-order valence-corrected chi connectivity index (χ0v) is 13.5. The van der Waals surface area contributed by atoms with E-state index in [1.54, 1.807) is 17.0 Å². The van der Waals surface area contributed by atoms with Crippen molar-refractivity contribution >= 4 is 11.8 Å². The number of ether oxygens (including phenoxy) is 1. The summed E-state index contributed by atoms with van der Waals surface area (Å²) in [7, 11) is 0. The molecule has 3 aliphatic heterocycles. The molecular formula is C18H21FN2O3. The lowest BCUT2D eigenvalue weighted by Crippen LogP contribution is -2.53. The fraction of sp³-hybridized carbons (Fsp3) is 0.556. The van der Waals surface area contributed by atoms with Crippen LogP contribution in [0.1, 0.15) is 36.0 Å². The molecule has 24 heavy (non-hydrogen) atoms. The van der Waals surface area contributed by atoms with Gasteiger partial charge < -0.3 is 14.5 Å². The van der Waals surface area contributed by atoms with Crippen LogP contribution in [0.2, 0.25) is 0 Å². The monoisotopic (exact) mass is 332 g/mol. The number of carbonyl (C=O) groups is 2. The maximum atomic E-state index is 13.9. The summed E-state index contributed by atoms with van der Waals surface area (Å²) in [6.07, 6.45) is 3.27. The number of nitrogens with zero attached hydrogens (tertiary/aromatic N) is 2. The molecule has 3 aliphatic rings. The first kappa shape index (κ1) is 15.6. The van der Waals surface area contributed by atoms with Crippen molar-refractivity contribution in [3.05, 3.63) is 35.6 Å². The first-order chi connectivity index (χ1) is 11.6. The van der Waals surface area contributed by atoms with Crippen molar-refractivity contribution in [3.63, 3.8) is 0 Å². The van der Waals surface area contributed by atoms with E-state index in [1.165, 1.54) is 12.1 Å². The summed E-state index contributed by atoms with van der Waals surface area (Å²) in [4.78, 5) is 28.8. The highest BCUT2D eigenvalue weighted by molar-refractivity contribution is 5.95. The van der Waals surface area contributed by atoms with Crippen molar-refractivity contribution in [1.29, 1.82) is 0 Å². The van der Waals surface area contributed by atoms with Gasteiger partial charge in [0, 0.05) is 19.7 Å². The molecule has 1 unspecified atom stereocenters. The van der Waals surface area contributed by atoms with Crippen molar-refractivity contribution in [1.82, 2.24) is 9.80 Å². The van der Waals surface area contributed by atoms with Gasteiger partial charge >= 0.3 is 0 Å². The van der Waals surface area contributed by atoms with E-state index in [4.69, 9.17) is 4.74 Å². The Balaban J connectivity index is 1.43. The zero-order valence-electron chi connectivity index (χ0n) is 13.5. The number of halogens is 1. The Bertz CT molecular complexity index is 659. The van der Waals surface area contributed by atoms with Crippen LogP contribution in [0, 0.1) is 5.82 Å². The number of carbonyl (C=O) groups excluding carboxylic acids is 2. The van der Waals surface area contributed by atoms with Crippen molar-refractivity contribution in [3.8, 4) is 0 Å². The standard InChI is InChI=1S/C18H21FN2O3/c19-15-6-2-1-5-14(15)17(22)20-10-13-9-12(20)11-21(13)18(23)16-7-3-4-8-24-16/h1-2,5-6,12-13,16H,3-4,7-11H2/t12-,13-,16?/m0/s1. The first-order valence-corrected chi connectivity index (χ1v) is 8.62. The van der Waals surface area contributed by atoms with Crippen LogP contribution < -0.4 is 0 Å². The van der Waals surface area contributed by atoms with Gasteiger partial charge in [-0.25, -0.2) is 4.39 Å². The molecular weight excluding hydrogens is 311 g/mol. The van der Waals surface area contributed by atoms with Crippen LogP contribution in [0.4, 0.5) is 4.39 Å². The largest absolute Gasteiger partial charge is 0.368 e. The van der Waals surface area contributed by atoms with Crippen LogP contribution in [0.25, 0.3) is 0 Å². The molecule has 3 fully saturated rings. The lowest BCUT2D eigenvalue weighted by molar-refractivity contribution is -0.148. The average Bonchev–Trinajstić information content (AvgIpc) is 3.22. The Hall–Kier alpha value is -1.95. The summed E-state index contributed by atoms with van der Waals surface area (Å²) >= 11 is 0. The minimum atomic E-state index is -0.492. The average molecular weight is 332 g/mol. The Morgan fingerprint density at radius 2 is 1.83 bits per heavy atom. The molecule has 3 atom stereocenters. The third kappa shape index (κ3) is 2.59. The second-order valence-corrected chi connectivity index (χ2v) is 6.83. The van der Waals surface area contributed by atoms with Crippen molar-refractivity contribution in [2.45, 2.75) is 43.9 Å². The molecule has 128 valence electrons. The van der Waals surface area contributed by atoms with Crippen molar-refractivity contribution in [2.75, 3.05) is 19.7 Å². The van der Waals surface area contributed by atoms with Crippen LogP contribution >= 0.6 is 0 Å². The number of fused-ring (bicyclic) bond motifs is 2. The van der Waals surface area contributed by atoms with E-state index in [9.17, 15) is 14.0 Å². The molecule has 0 N–H and O–H groups in total. The van der Waals surface area contributed by atoms with Crippen LogP contribution in [0.3, 0.4) is 0 Å². The van der Waals surface area contributed by atoms with E-state index < -0.39 is 5.82 Å². The number of piperazine rings is 1. The van der Waals surface area contributed by atoms with Gasteiger partial charge in [-0.2, -0.15) is 0 Å². The number of hydrogen-bond donors (Lipinski definition) is 0. The Morgan fingerprint density at radius 3 is 2.50 bits per heavy atom. The van der Waals surface area contributed by atoms with E-state index in [1.807, 2.05) is 4.90 Å². The quantitative estimate of drug-likeness (QED) is 0.830. The van der Waals surface area contributed by atoms with Crippen molar-refractivity contribution < 1.29 is 18.7 Å². The minimum absolute atomic E-state index is 0.0188. The predicted molar refractivity (Wildman–Crippen MR) is 84.9 cm³/mol. The lowest BCUT2D eigenvalue weighted by atomic mass is 10.1. The van der Waals surface area contributed by atoms with E-state index in [-0.39, 0.29) is 35.6 Å². The molecule has 0 saturated carbocycles. The van der Waals surface area contributed by atoms with Crippen LogP contribution in [0.5, 0.6) is 0 Å². The zero-order chi connectivity index (χ0) is 16.7. The molecule has 4 rings (SSSR count). The molecule has 2 bridgehead atoms. The topological polar surface area (TPSA) is 49.9 Å². The smallest absolute Gasteiger partial charge is 0.257 e. The third-order valence-corrected chi connectivity index (χ3v) is 5.34. The molecule has 1 aromatic rings. The third-order valence-electron chi connectivity index (χ3n) is 5.34. The van der Waals surface area contributed by atoms with Gasteiger partial charge in [-0.1, -0.05) is 12.1 Å². The van der Waals surface area contributed by atoms with E-state index in [0.29, 0.717) is 19.7 Å². The van der Waals surface area contributed by atoms with Gasteiger partial charge in [0.05, 0.1) is 17.6 Å². The van der Waals surface area contributed by atoms with Gasteiger partial charge in [0.25, 0.3) is 11.8 Å². The molecule has 0 aliphatic carbocycles. The molecule has 0 radical (unpaired) electrons. The molecule has 6 heteroatoms. The second kappa shape index (κ2) is 6.16. The Labute approximate surface area is 140 Å². The lowest BCUT2D eigenvalue weighted by Gasteiger charge is -2.36. The maximum Gasteiger partial charge on any atom is 0.257 e. The van der Waals surface area contributed by atoms with Crippen LogP contribution in [-0.2, 0) is 9.53 Å². The van der Waals surface area contributed by atoms with Gasteiger partial charge in [0.2, 0.25) is 0 Å². The molecule has 0 spiro atoms. The molecule has 3 saturated heterocycles. The number of amides is 2. The summed E-state index contributed by atoms with van der Waals surface area (Å²) in [6, 6.07) is 6.08. The Kier molecular flexibility index (Phi) is 4.00. The molecule has 1 aromatic carbocycles. The number of benzene rings is 1. The molecule has 0 aromatic heterocycles. The summed E-state index contributed by atoms with van der Waals surface area (Å²) in [6.45, 7) is 1.66.